The lowest BCUT2D eigenvalue weighted by Gasteiger charge is -2.13. The van der Waals surface area contributed by atoms with Crippen LogP contribution in [0.5, 0.6) is 0 Å². The Morgan fingerprint density at radius 3 is 2.67 bits per heavy atom. The first-order valence-corrected chi connectivity index (χ1v) is 5.54. The Kier molecular flexibility index (Phi) is 3.67. The molecule has 0 saturated heterocycles. The number of halogens is 1. The van der Waals surface area contributed by atoms with E-state index in [4.69, 9.17) is 4.74 Å². The van der Waals surface area contributed by atoms with Crippen LogP contribution in [-0.4, -0.2) is 11.0 Å². The molecule has 92 valence electrons. The number of rotatable bonds is 3. The van der Waals surface area contributed by atoms with Crippen LogP contribution in [0.4, 0.5) is 4.39 Å². The summed E-state index contributed by atoms with van der Waals surface area (Å²) < 4.78 is 18.5. The van der Waals surface area contributed by atoms with Gasteiger partial charge in [0.1, 0.15) is 6.10 Å². The second-order valence-electron chi connectivity index (χ2n) is 3.81. The Morgan fingerprint density at radius 2 is 2.00 bits per heavy atom. The average molecular weight is 245 g/mol. The first-order valence-electron chi connectivity index (χ1n) is 5.54. The molecule has 0 radical (unpaired) electrons. The van der Waals surface area contributed by atoms with Gasteiger partial charge in [0.2, 0.25) is 0 Å². The van der Waals surface area contributed by atoms with E-state index < -0.39 is 17.9 Å². The van der Waals surface area contributed by atoms with E-state index in [1.54, 1.807) is 6.92 Å². The quantitative estimate of drug-likeness (QED) is 0.780. The van der Waals surface area contributed by atoms with Gasteiger partial charge in [-0.25, -0.2) is 9.18 Å². The highest BCUT2D eigenvalue weighted by molar-refractivity contribution is 5.89. The zero-order valence-electron chi connectivity index (χ0n) is 9.84. The smallest absolute Gasteiger partial charge is 0.341 e. The molecule has 0 bridgehead atoms. The lowest BCUT2D eigenvalue weighted by atomic mass is 10.1. The third-order valence-corrected chi connectivity index (χ3v) is 2.55. The summed E-state index contributed by atoms with van der Waals surface area (Å²) >= 11 is 0. The lowest BCUT2D eigenvalue weighted by Crippen LogP contribution is -2.11. The number of aromatic nitrogens is 1. The van der Waals surface area contributed by atoms with Crippen molar-refractivity contribution < 1.29 is 13.9 Å². The normalized spacial score (nSPS) is 11.9. The molecule has 0 spiro atoms. The Hall–Kier alpha value is -2.23. The molecule has 2 aromatic rings. The van der Waals surface area contributed by atoms with E-state index in [1.807, 2.05) is 30.3 Å². The number of carbonyl (C=O) groups excluding carboxylic acids is 1. The fraction of sp³-hybridized carbons (Fsp3) is 0.143. The number of carbonyl (C=O) groups is 1. The van der Waals surface area contributed by atoms with Gasteiger partial charge in [0, 0.05) is 6.20 Å². The van der Waals surface area contributed by atoms with E-state index in [9.17, 15) is 9.18 Å². The Morgan fingerprint density at radius 1 is 1.28 bits per heavy atom. The Labute approximate surface area is 104 Å². The second kappa shape index (κ2) is 5.40. The van der Waals surface area contributed by atoms with Gasteiger partial charge in [0.05, 0.1) is 11.8 Å². The Balaban J connectivity index is 2.11. The molecule has 0 fully saturated rings. The van der Waals surface area contributed by atoms with Gasteiger partial charge in [-0.2, -0.15) is 0 Å². The summed E-state index contributed by atoms with van der Waals surface area (Å²) in [6, 6.07) is 10.6. The summed E-state index contributed by atoms with van der Waals surface area (Å²) in [5, 5.41) is 0. The van der Waals surface area contributed by atoms with Gasteiger partial charge in [-0.05, 0) is 18.6 Å². The minimum Gasteiger partial charge on any atom is -0.454 e. The molecule has 0 aliphatic heterocycles. The molecule has 2 rings (SSSR count). The minimum atomic E-state index is -0.689. The van der Waals surface area contributed by atoms with E-state index in [2.05, 4.69) is 4.98 Å². The molecular formula is C14H12FNO2. The molecule has 1 aromatic heterocycles. The van der Waals surface area contributed by atoms with E-state index in [1.165, 1.54) is 12.3 Å². The van der Waals surface area contributed by atoms with Crippen LogP contribution in [0.3, 0.4) is 0 Å². The first kappa shape index (κ1) is 12.2. The molecule has 0 amide bonds. The molecule has 0 aliphatic carbocycles. The largest absolute Gasteiger partial charge is 0.454 e. The van der Waals surface area contributed by atoms with Crippen molar-refractivity contribution in [2.45, 2.75) is 13.0 Å². The van der Waals surface area contributed by atoms with Gasteiger partial charge in [-0.1, -0.05) is 30.3 Å². The molecule has 1 heterocycles. The maximum Gasteiger partial charge on any atom is 0.341 e. The van der Waals surface area contributed by atoms with Crippen molar-refractivity contribution in [3.8, 4) is 0 Å². The van der Waals surface area contributed by atoms with Gasteiger partial charge in [-0.15, -0.1) is 0 Å². The molecule has 0 N–H and O–H groups in total. The number of nitrogens with zero attached hydrogens (tertiary/aromatic N) is 1. The topological polar surface area (TPSA) is 39.2 Å². The SMILES string of the molecule is CC(OC(=O)c1ccncc1F)c1ccccc1. The second-order valence-corrected chi connectivity index (χ2v) is 3.81. The van der Waals surface area contributed by atoms with Crippen LogP contribution in [0.2, 0.25) is 0 Å². The van der Waals surface area contributed by atoms with Crippen molar-refractivity contribution in [3.05, 3.63) is 65.7 Å². The van der Waals surface area contributed by atoms with Gasteiger partial charge in [-0.3, -0.25) is 4.98 Å². The third-order valence-electron chi connectivity index (χ3n) is 2.55. The summed E-state index contributed by atoms with van der Waals surface area (Å²) in [5.74, 6) is -1.37. The maximum atomic E-state index is 13.3. The third kappa shape index (κ3) is 2.71. The molecular weight excluding hydrogens is 233 g/mol. The van der Waals surface area contributed by atoms with E-state index in [-0.39, 0.29) is 5.56 Å². The standard InChI is InChI=1S/C14H12FNO2/c1-10(11-5-3-2-4-6-11)18-14(17)12-7-8-16-9-13(12)15/h2-10H,1H3. The maximum absolute atomic E-state index is 13.3. The summed E-state index contributed by atoms with van der Waals surface area (Å²) in [7, 11) is 0. The number of benzene rings is 1. The highest BCUT2D eigenvalue weighted by Gasteiger charge is 2.16. The van der Waals surface area contributed by atoms with Gasteiger partial charge in [0.25, 0.3) is 0 Å². The van der Waals surface area contributed by atoms with Crippen molar-refractivity contribution in [3.63, 3.8) is 0 Å². The van der Waals surface area contributed by atoms with E-state index in [0.29, 0.717) is 0 Å². The highest BCUT2D eigenvalue weighted by Crippen LogP contribution is 2.18. The average Bonchev–Trinajstić information content (AvgIpc) is 2.40. The van der Waals surface area contributed by atoms with Crippen LogP contribution in [0, 0.1) is 5.82 Å². The number of esters is 1. The van der Waals surface area contributed by atoms with Crippen LogP contribution in [0.1, 0.15) is 28.9 Å². The molecule has 1 aromatic carbocycles. The van der Waals surface area contributed by atoms with Gasteiger partial charge >= 0.3 is 5.97 Å². The zero-order chi connectivity index (χ0) is 13.0. The van der Waals surface area contributed by atoms with Crippen LogP contribution in [0.15, 0.2) is 48.8 Å². The van der Waals surface area contributed by atoms with Crippen LogP contribution >= 0.6 is 0 Å². The summed E-state index contributed by atoms with van der Waals surface area (Å²) in [5.41, 5.74) is 0.757. The van der Waals surface area contributed by atoms with E-state index >= 15 is 0 Å². The fourth-order valence-electron chi connectivity index (χ4n) is 1.56. The summed E-state index contributed by atoms with van der Waals surface area (Å²) in [6.07, 6.45) is 1.92. The van der Waals surface area contributed by atoms with Gasteiger partial charge < -0.3 is 4.74 Å². The molecule has 4 heteroatoms. The molecule has 0 saturated carbocycles. The van der Waals surface area contributed by atoms with Crippen molar-refractivity contribution >= 4 is 5.97 Å². The molecule has 18 heavy (non-hydrogen) atoms. The molecule has 3 nitrogen and oxygen atoms in total. The predicted molar refractivity (Wildman–Crippen MR) is 64.5 cm³/mol. The van der Waals surface area contributed by atoms with Crippen molar-refractivity contribution in [2.75, 3.05) is 0 Å². The fourth-order valence-corrected chi connectivity index (χ4v) is 1.56. The van der Waals surface area contributed by atoms with Gasteiger partial charge in [0.15, 0.2) is 5.82 Å². The van der Waals surface area contributed by atoms with Crippen LogP contribution in [0.25, 0.3) is 0 Å². The monoisotopic (exact) mass is 245 g/mol. The van der Waals surface area contributed by atoms with E-state index in [0.717, 1.165) is 11.8 Å². The summed E-state index contributed by atoms with van der Waals surface area (Å²) in [6.45, 7) is 1.74. The highest BCUT2D eigenvalue weighted by atomic mass is 19.1. The summed E-state index contributed by atoms with van der Waals surface area (Å²) in [4.78, 5) is 15.3. The minimum absolute atomic E-state index is 0.104. The van der Waals surface area contributed by atoms with Crippen molar-refractivity contribution in [1.82, 2.24) is 4.98 Å². The number of pyridine rings is 1. The molecule has 1 unspecified atom stereocenters. The van der Waals surface area contributed by atoms with Crippen LogP contribution < -0.4 is 0 Å². The number of ether oxygens (including phenoxy) is 1. The van der Waals surface area contributed by atoms with Crippen molar-refractivity contribution in [2.24, 2.45) is 0 Å². The number of hydrogen-bond acceptors (Lipinski definition) is 3. The molecule has 0 aliphatic rings. The van der Waals surface area contributed by atoms with Crippen LogP contribution in [-0.2, 0) is 4.74 Å². The lowest BCUT2D eigenvalue weighted by molar-refractivity contribution is 0.0332. The Bertz CT molecular complexity index is 543. The molecule has 1 atom stereocenters. The predicted octanol–water partition coefficient (Wildman–Crippen LogP) is 3.14. The first-order chi connectivity index (χ1) is 8.68. The zero-order valence-corrected chi connectivity index (χ0v) is 9.84. The van der Waals surface area contributed by atoms with Crippen molar-refractivity contribution in [1.29, 1.82) is 0 Å². The number of hydrogen-bond donors (Lipinski definition) is 0.